The Morgan fingerprint density at radius 3 is 2.30 bits per heavy atom. The molecule has 140 valence electrons. The van der Waals surface area contributed by atoms with Gasteiger partial charge in [-0.3, -0.25) is 4.79 Å². The second-order valence-corrected chi connectivity index (χ2v) is 8.06. The van der Waals surface area contributed by atoms with Crippen molar-refractivity contribution < 1.29 is 4.79 Å². The highest BCUT2D eigenvalue weighted by atomic mass is 16.1. The van der Waals surface area contributed by atoms with Crippen LogP contribution in [-0.2, 0) is 5.41 Å². The molecule has 1 heterocycles. The normalized spacial score (nSPS) is 11.5. The fourth-order valence-corrected chi connectivity index (χ4v) is 3.00. The van der Waals surface area contributed by atoms with E-state index < -0.39 is 0 Å². The fraction of sp³-hybridized carbons (Fsp3) is 0.304. The smallest absolute Gasteiger partial charge is 0.257 e. The Morgan fingerprint density at radius 1 is 0.963 bits per heavy atom. The Hall–Kier alpha value is -2.88. The number of anilines is 1. The summed E-state index contributed by atoms with van der Waals surface area (Å²) in [6.45, 7) is 12.5. The van der Waals surface area contributed by atoms with Gasteiger partial charge in [-0.1, -0.05) is 51.1 Å². The molecule has 0 unspecified atom stereocenters. The molecular weight excluding hydrogens is 334 g/mol. The lowest BCUT2D eigenvalue weighted by Gasteiger charge is -2.15. The van der Waals surface area contributed by atoms with Crippen molar-refractivity contribution in [2.45, 2.75) is 47.0 Å². The first-order valence-corrected chi connectivity index (χ1v) is 9.22. The van der Waals surface area contributed by atoms with Gasteiger partial charge in [-0.15, -0.1) is 0 Å². The lowest BCUT2D eigenvalue weighted by molar-refractivity contribution is 0.102. The maximum absolute atomic E-state index is 12.9. The van der Waals surface area contributed by atoms with E-state index in [1.807, 2.05) is 54.1 Å². The molecule has 1 aromatic heterocycles. The summed E-state index contributed by atoms with van der Waals surface area (Å²) in [5.74, 6) is 0.557. The van der Waals surface area contributed by atoms with Crippen molar-refractivity contribution >= 4 is 11.7 Å². The van der Waals surface area contributed by atoms with E-state index in [0.29, 0.717) is 11.4 Å². The Bertz CT molecular complexity index is 993. The molecule has 0 radical (unpaired) electrons. The van der Waals surface area contributed by atoms with Gasteiger partial charge < -0.3 is 5.32 Å². The van der Waals surface area contributed by atoms with Crippen molar-refractivity contribution in [3.8, 4) is 5.69 Å². The molecule has 27 heavy (non-hydrogen) atoms. The van der Waals surface area contributed by atoms with Gasteiger partial charge in [0.25, 0.3) is 5.91 Å². The second-order valence-electron chi connectivity index (χ2n) is 8.06. The number of nitrogens with one attached hydrogen (secondary N) is 1. The minimum Gasteiger partial charge on any atom is -0.306 e. The number of carbonyl (C=O) groups excluding carboxylic acids is 1. The molecule has 0 aliphatic heterocycles. The maximum atomic E-state index is 12.9. The van der Waals surface area contributed by atoms with Gasteiger partial charge in [0.15, 0.2) is 0 Å². The average molecular weight is 361 g/mol. The summed E-state index contributed by atoms with van der Waals surface area (Å²) in [5.41, 5.74) is 5.75. The van der Waals surface area contributed by atoms with Crippen LogP contribution < -0.4 is 5.32 Å². The standard InChI is InChI=1S/C23H27N3O/c1-15-11-9-13-19(17(15)3)26-21(14-20(25-26)23(4,5)6)24-22(27)18-12-8-7-10-16(18)2/h7-14H,1-6H3,(H,24,27). The summed E-state index contributed by atoms with van der Waals surface area (Å²) in [6.07, 6.45) is 0. The summed E-state index contributed by atoms with van der Waals surface area (Å²) < 4.78 is 1.85. The molecule has 0 aliphatic rings. The topological polar surface area (TPSA) is 46.9 Å². The lowest BCUT2D eigenvalue weighted by atomic mass is 9.92. The van der Waals surface area contributed by atoms with Gasteiger partial charge in [-0.05, 0) is 49.6 Å². The lowest BCUT2D eigenvalue weighted by Crippen LogP contribution is -2.16. The molecule has 0 spiro atoms. The first kappa shape index (κ1) is 18.9. The monoisotopic (exact) mass is 361 g/mol. The van der Waals surface area contributed by atoms with Crippen LogP contribution in [0.4, 0.5) is 5.82 Å². The van der Waals surface area contributed by atoms with E-state index in [9.17, 15) is 4.79 Å². The van der Waals surface area contributed by atoms with E-state index in [4.69, 9.17) is 5.10 Å². The van der Waals surface area contributed by atoms with Crippen LogP contribution in [0.25, 0.3) is 5.69 Å². The number of hydrogen-bond donors (Lipinski definition) is 1. The summed E-state index contributed by atoms with van der Waals surface area (Å²) in [4.78, 5) is 12.9. The van der Waals surface area contributed by atoms with Gasteiger partial charge in [0.1, 0.15) is 5.82 Å². The van der Waals surface area contributed by atoms with Crippen molar-refractivity contribution in [3.63, 3.8) is 0 Å². The third-order valence-corrected chi connectivity index (χ3v) is 4.91. The van der Waals surface area contributed by atoms with Crippen LogP contribution in [-0.4, -0.2) is 15.7 Å². The molecule has 1 N–H and O–H groups in total. The molecule has 0 bridgehead atoms. The summed E-state index contributed by atoms with van der Waals surface area (Å²) >= 11 is 0. The van der Waals surface area contributed by atoms with E-state index in [1.54, 1.807) is 0 Å². The largest absolute Gasteiger partial charge is 0.306 e. The number of carbonyl (C=O) groups is 1. The number of nitrogens with zero attached hydrogens (tertiary/aromatic N) is 2. The molecule has 2 aromatic carbocycles. The molecule has 3 rings (SSSR count). The quantitative estimate of drug-likeness (QED) is 0.684. The van der Waals surface area contributed by atoms with Gasteiger partial charge in [0, 0.05) is 17.0 Å². The number of rotatable bonds is 3. The van der Waals surface area contributed by atoms with Crippen LogP contribution in [0.5, 0.6) is 0 Å². The zero-order chi connectivity index (χ0) is 19.8. The third-order valence-electron chi connectivity index (χ3n) is 4.91. The number of hydrogen-bond acceptors (Lipinski definition) is 2. The third kappa shape index (κ3) is 3.80. The predicted molar refractivity (Wildman–Crippen MR) is 111 cm³/mol. The summed E-state index contributed by atoms with van der Waals surface area (Å²) in [6, 6.07) is 15.7. The molecule has 3 aromatic rings. The molecular formula is C23H27N3O. The van der Waals surface area contributed by atoms with Crippen LogP contribution in [0, 0.1) is 20.8 Å². The highest BCUT2D eigenvalue weighted by molar-refractivity contribution is 6.05. The van der Waals surface area contributed by atoms with Gasteiger partial charge in [0.2, 0.25) is 0 Å². The van der Waals surface area contributed by atoms with Crippen molar-refractivity contribution in [1.29, 1.82) is 0 Å². The van der Waals surface area contributed by atoms with Crippen molar-refractivity contribution in [2.24, 2.45) is 0 Å². The summed E-state index contributed by atoms with van der Waals surface area (Å²) in [5, 5.41) is 7.89. The van der Waals surface area contributed by atoms with Crippen LogP contribution in [0.2, 0.25) is 0 Å². The zero-order valence-electron chi connectivity index (χ0n) is 16.9. The Kier molecular flexibility index (Phi) is 4.92. The van der Waals surface area contributed by atoms with Crippen molar-refractivity contribution in [3.05, 3.63) is 76.5 Å². The maximum Gasteiger partial charge on any atom is 0.257 e. The number of amides is 1. The van der Waals surface area contributed by atoms with Crippen LogP contribution in [0.15, 0.2) is 48.5 Å². The van der Waals surface area contributed by atoms with Crippen LogP contribution in [0.3, 0.4) is 0 Å². The highest BCUT2D eigenvalue weighted by Gasteiger charge is 2.22. The zero-order valence-corrected chi connectivity index (χ0v) is 16.9. The fourth-order valence-electron chi connectivity index (χ4n) is 3.00. The van der Waals surface area contributed by atoms with Gasteiger partial charge in [-0.25, -0.2) is 4.68 Å². The summed E-state index contributed by atoms with van der Waals surface area (Å²) in [7, 11) is 0. The SMILES string of the molecule is Cc1ccccc1C(=O)Nc1cc(C(C)(C)C)nn1-c1cccc(C)c1C. The number of aryl methyl sites for hydroxylation is 2. The second kappa shape index (κ2) is 7.03. The molecule has 0 fully saturated rings. The van der Waals surface area contributed by atoms with E-state index in [0.717, 1.165) is 22.5 Å². The Balaban J connectivity index is 2.09. The van der Waals surface area contributed by atoms with Gasteiger partial charge >= 0.3 is 0 Å². The molecule has 1 amide bonds. The first-order valence-electron chi connectivity index (χ1n) is 9.22. The van der Waals surface area contributed by atoms with E-state index in [1.165, 1.54) is 5.56 Å². The van der Waals surface area contributed by atoms with Gasteiger partial charge in [0.05, 0.1) is 11.4 Å². The minimum atomic E-state index is -0.125. The van der Waals surface area contributed by atoms with Crippen LogP contribution in [0.1, 0.15) is 53.5 Å². The molecule has 4 nitrogen and oxygen atoms in total. The number of benzene rings is 2. The molecule has 0 saturated heterocycles. The van der Waals surface area contributed by atoms with E-state index in [2.05, 4.69) is 46.0 Å². The Labute approximate surface area is 161 Å². The highest BCUT2D eigenvalue weighted by Crippen LogP contribution is 2.28. The van der Waals surface area contributed by atoms with Gasteiger partial charge in [-0.2, -0.15) is 5.10 Å². The van der Waals surface area contributed by atoms with E-state index in [-0.39, 0.29) is 11.3 Å². The van der Waals surface area contributed by atoms with Crippen LogP contribution >= 0.6 is 0 Å². The van der Waals surface area contributed by atoms with E-state index >= 15 is 0 Å². The molecule has 0 saturated carbocycles. The van der Waals surface area contributed by atoms with Crippen molar-refractivity contribution in [1.82, 2.24) is 9.78 Å². The molecule has 0 aliphatic carbocycles. The molecule has 4 heteroatoms. The molecule has 0 atom stereocenters. The number of aromatic nitrogens is 2. The first-order chi connectivity index (χ1) is 12.7. The van der Waals surface area contributed by atoms with Crippen molar-refractivity contribution in [2.75, 3.05) is 5.32 Å². The Morgan fingerprint density at radius 2 is 1.63 bits per heavy atom. The predicted octanol–water partition coefficient (Wildman–Crippen LogP) is 5.35. The minimum absolute atomic E-state index is 0.120. The average Bonchev–Trinajstić information content (AvgIpc) is 3.01.